The molecule has 0 aliphatic carbocycles. The Hall–Kier alpha value is -1.51. The van der Waals surface area contributed by atoms with E-state index in [1.165, 1.54) is 0 Å². The second-order valence-corrected chi connectivity index (χ2v) is 4.14. The lowest BCUT2D eigenvalue weighted by atomic mass is 10.1. The summed E-state index contributed by atoms with van der Waals surface area (Å²) in [5.41, 5.74) is 8.84. The van der Waals surface area contributed by atoms with E-state index in [0.29, 0.717) is 10.7 Å². The molecular weight excluding hydrogens is 255 g/mol. The van der Waals surface area contributed by atoms with Crippen LogP contribution in [0.5, 0.6) is 0 Å². The van der Waals surface area contributed by atoms with Gasteiger partial charge in [0.1, 0.15) is 0 Å². The molecule has 4 heteroatoms. The van der Waals surface area contributed by atoms with Gasteiger partial charge in [0.05, 0.1) is 16.1 Å². The lowest BCUT2D eigenvalue weighted by molar-refractivity contribution is -0.481. The van der Waals surface area contributed by atoms with Gasteiger partial charge in [0.2, 0.25) is 11.0 Å². The summed E-state index contributed by atoms with van der Waals surface area (Å²) in [6.45, 7) is 0. The average molecular weight is 266 g/mol. The molecule has 3 aromatic rings. The van der Waals surface area contributed by atoms with E-state index >= 15 is 0 Å². The molecule has 17 heavy (non-hydrogen) atoms. The van der Waals surface area contributed by atoms with Crippen LogP contribution >= 0.6 is 24.0 Å². The smallest absolute Gasteiger partial charge is 0.222 e. The molecule has 0 spiro atoms. The highest BCUT2D eigenvalue weighted by Crippen LogP contribution is 2.27. The summed E-state index contributed by atoms with van der Waals surface area (Å²) < 4.78 is 2.08. The minimum Gasteiger partial charge on any atom is -0.398 e. The molecule has 2 N–H and O–H groups in total. The highest BCUT2D eigenvalue weighted by atomic mass is 35.5. The van der Waals surface area contributed by atoms with Gasteiger partial charge in [0, 0.05) is 24.3 Å². The van der Waals surface area contributed by atoms with Crippen LogP contribution in [-0.4, -0.2) is 0 Å². The number of benzene rings is 1. The summed E-state index contributed by atoms with van der Waals surface area (Å²) >= 11 is 6.17. The summed E-state index contributed by atoms with van der Waals surface area (Å²) in [4.78, 5) is 0. The number of halogens is 2. The van der Waals surface area contributed by atoms with E-state index < -0.39 is 0 Å². The van der Waals surface area contributed by atoms with Gasteiger partial charge in [-0.1, -0.05) is 17.7 Å². The first-order valence-corrected chi connectivity index (χ1v) is 5.42. The predicted octanol–water partition coefficient (Wildman–Crippen LogP) is 3.24. The summed E-state index contributed by atoms with van der Waals surface area (Å²) in [7, 11) is 0. The first kappa shape index (κ1) is 12.0. The van der Waals surface area contributed by atoms with Gasteiger partial charge < -0.3 is 5.73 Å². The number of hydrogen-bond acceptors (Lipinski definition) is 1. The third-order valence-corrected chi connectivity index (χ3v) is 3.05. The van der Waals surface area contributed by atoms with E-state index in [2.05, 4.69) is 4.40 Å². The molecule has 0 fully saturated rings. The Balaban J connectivity index is 0.00000108. The van der Waals surface area contributed by atoms with Crippen molar-refractivity contribution >= 4 is 46.1 Å². The number of nitrogen functional groups attached to an aromatic ring is 1. The Labute approximate surface area is 110 Å². The molecule has 0 unspecified atom stereocenters. The molecule has 0 amide bonds. The molecule has 1 aromatic carbocycles. The number of rotatable bonds is 0. The Morgan fingerprint density at radius 3 is 2.71 bits per heavy atom. The van der Waals surface area contributed by atoms with Gasteiger partial charge in [0.15, 0.2) is 6.20 Å². The molecule has 0 bridgehead atoms. The number of nitrogens with two attached hydrogens (primary N) is 1. The third-order valence-electron chi connectivity index (χ3n) is 2.73. The molecule has 86 valence electrons. The van der Waals surface area contributed by atoms with Gasteiger partial charge in [-0.25, -0.2) is 0 Å². The maximum absolute atomic E-state index is 6.17. The molecular formula is C13H11Cl2N2+. The molecule has 0 saturated carbocycles. The van der Waals surface area contributed by atoms with Gasteiger partial charge in [-0.2, -0.15) is 4.40 Å². The molecule has 0 aliphatic heterocycles. The fourth-order valence-corrected chi connectivity index (χ4v) is 2.30. The van der Waals surface area contributed by atoms with E-state index in [4.69, 9.17) is 17.3 Å². The minimum atomic E-state index is 0. The van der Waals surface area contributed by atoms with Crippen LogP contribution in [0.1, 0.15) is 0 Å². The van der Waals surface area contributed by atoms with Gasteiger partial charge in [-0.05, 0) is 12.1 Å². The highest BCUT2D eigenvalue weighted by Gasteiger charge is 2.13. The largest absolute Gasteiger partial charge is 0.398 e. The van der Waals surface area contributed by atoms with Gasteiger partial charge in [-0.15, -0.1) is 12.4 Å². The number of fused-ring (bicyclic) bond motifs is 3. The van der Waals surface area contributed by atoms with Gasteiger partial charge in [-0.3, -0.25) is 0 Å². The number of aromatic nitrogens is 1. The van der Waals surface area contributed by atoms with Crippen molar-refractivity contribution < 1.29 is 4.40 Å². The van der Waals surface area contributed by atoms with E-state index in [1.807, 2.05) is 48.7 Å². The number of anilines is 1. The van der Waals surface area contributed by atoms with Crippen LogP contribution in [0.25, 0.3) is 16.4 Å². The highest BCUT2D eigenvalue weighted by molar-refractivity contribution is 6.36. The zero-order valence-corrected chi connectivity index (χ0v) is 10.5. The standard InChI is InChI=1S/C13H9ClN2.ClH/c14-10-5-3-6-12-13(10)11(15)8-9-4-1-2-7-16(9)12;/h1-8,15H;1H/p+1. The molecule has 0 radical (unpaired) electrons. The summed E-state index contributed by atoms with van der Waals surface area (Å²) in [6.07, 6.45) is 2.01. The molecule has 2 nitrogen and oxygen atoms in total. The first-order valence-electron chi connectivity index (χ1n) is 5.04. The molecule has 3 rings (SSSR count). The van der Waals surface area contributed by atoms with E-state index in [-0.39, 0.29) is 12.4 Å². The molecule has 0 saturated heterocycles. The quantitative estimate of drug-likeness (QED) is 0.491. The van der Waals surface area contributed by atoms with Crippen LogP contribution < -0.4 is 10.1 Å². The first-order chi connectivity index (χ1) is 7.77. The Kier molecular flexibility index (Phi) is 3.09. The fraction of sp³-hybridized carbons (Fsp3) is 0. The van der Waals surface area contributed by atoms with Crippen LogP contribution in [0.4, 0.5) is 5.69 Å². The average Bonchev–Trinajstić information content (AvgIpc) is 2.29. The second-order valence-electron chi connectivity index (χ2n) is 3.73. The van der Waals surface area contributed by atoms with Crippen LogP contribution in [-0.2, 0) is 0 Å². The number of hydrogen-bond donors (Lipinski definition) is 1. The maximum atomic E-state index is 6.17. The summed E-state index contributed by atoms with van der Waals surface area (Å²) in [6, 6.07) is 13.8. The van der Waals surface area contributed by atoms with E-state index in [9.17, 15) is 0 Å². The van der Waals surface area contributed by atoms with Crippen molar-refractivity contribution in [1.82, 2.24) is 0 Å². The van der Waals surface area contributed by atoms with E-state index in [1.54, 1.807) is 0 Å². The second kappa shape index (κ2) is 4.40. The minimum absolute atomic E-state index is 0. The van der Waals surface area contributed by atoms with Gasteiger partial charge in [0.25, 0.3) is 0 Å². The Bertz CT molecular complexity index is 695. The Morgan fingerprint density at radius 1 is 1.06 bits per heavy atom. The fourth-order valence-electron chi connectivity index (χ4n) is 2.02. The van der Waals surface area contributed by atoms with Crippen molar-refractivity contribution in [3.63, 3.8) is 0 Å². The molecule has 2 aromatic heterocycles. The summed E-state index contributed by atoms with van der Waals surface area (Å²) in [5, 5.41) is 1.60. The van der Waals surface area contributed by atoms with Crippen molar-refractivity contribution in [1.29, 1.82) is 0 Å². The number of nitrogens with zero attached hydrogens (tertiary/aromatic N) is 1. The van der Waals surface area contributed by atoms with Gasteiger partial charge >= 0.3 is 0 Å². The van der Waals surface area contributed by atoms with E-state index in [0.717, 1.165) is 16.4 Å². The molecule has 0 aliphatic rings. The zero-order valence-electron chi connectivity index (χ0n) is 8.93. The monoisotopic (exact) mass is 265 g/mol. The van der Waals surface area contributed by atoms with Crippen LogP contribution in [0.15, 0.2) is 48.7 Å². The summed E-state index contributed by atoms with van der Waals surface area (Å²) in [5.74, 6) is 0. The van der Waals surface area contributed by atoms with Crippen molar-refractivity contribution in [2.24, 2.45) is 0 Å². The maximum Gasteiger partial charge on any atom is 0.222 e. The third kappa shape index (κ3) is 1.79. The predicted molar refractivity (Wildman–Crippen MR) is 73.8 cm³/mol. The van der Waals surface area contributed by atoms with Crippen LogP contribution in [0.2, 0.25) is 5.02 Å². The van der Waals surface area contributed by atoms with Crippen LogP contribution in [0.3, 0.4) is 0 Å². The Morgan fingerprint density at radius 2 is 1.88 bits per heavy atom. The SMILES string of the molecule is Cl.Nc1cc2cccc[n+]2c2cccc(Cl)c12. The topological polar surface area (TPSA) is 30.1 Å². The van der Waals surface area contributed by atoms with Crippen LogP contribution in [0, 0.1) is 0 Å². The normalized spacial score (nSPS) is 10.4. The lowest BCUT2D eigenvalue weighted by Gasteiger charge is -2.02. The number of pyridine rings is 2. The van der Waals surface area contributed by atoms with Crippen molar-refractivity contribution in [3.8, 4) is 0 Å². The zero-order chi connectivity index (χ0) is 11.1. The van der Waals surface area contributed by atoms with Crippen molar-refractivity contribution in [2.45, 2.75) is 0 Å². The van der Waals surface area contributed by atoms with Crippen molar-refractivity contribution in [3.05, 3.63) is 53.7 Å². The molecule has 2 heterocycles. The molecule has 0 atom stereocenters. The van der Waals surface area contributed by atoms with Crippen molar-refractivity contribution in [2.75, 3.05) is 5.73 Å². The lowest BCUT2D eigenvalue weighted by Crippen LogP contribution is -2.22.